The number of hydrogen-bond donors (Lipinski definition) is 2. The van der Waals surface area contributed by atoms with E-state index in [0.717, 1.165) is 39.2 Å². The summed E-state index contributed by atoms with van der Waals surface area (Å²) < 4.78 is 15.7. The van der Waals surface area contributed by atoms with Crippen molar-refractivity contribution in [3.63, 3.8) is 0 Å². The molecule has 3 aliphatic rings. The van der Waals surface area contributed by atoms with Crippen molar-refractivity contribution in [3.05, 3.63) is 167 Å². The van der Waals surface area contributed by atoms with Crippen LogP contribution in [0.5, 0.6) is 11.5 Å². The Hall–Kier alpha value is -5.36. The highest BCUT2D eigenvalue weighted by Crippen LogP contribution is 2.50. The number of benzene rings is 3. The number of aliphatic hydroxyl groups excluding tert-OH is 2. The maximum Gasteiger partial charge on any atom is 0.231 e. The molecular formula is C36H28N2O4+2. The van der Waals surface area contributed by atoms with E-state index in [-0.39, 0.29) is 18.3 Å². The van der Waals surface area contributed by atoms with E-state index in [9.17, 15) is 10.2 Å². The van der Waals surface area contributed by atoms with Crippen LogP contribution < -0.4 is 18.6 Å². The molecule has 3 aromatic carbocycles. The van der Waals surface area contributed by atoms with Gasteiger partial charge in [-0.1, -0.05) is 66.7 Å². The van der Waals surface area contributed by atoms with E-state index >= 15 is 0 Å². The molecule has 0 spiro atoms. The Balaban J connectivity index is 1.40. The number of fused-ring (bicyclic) bond motifs is 3. The zero-order valence-corrected chi connectivity index (χ0v) is 22.7. The van der Waals surface area contributed by atoms with E-state index in [4.69, 9.17) is 9.47 Å². The third kappa shape index (κ3) is 3.65. The van der Waals surface area contributed by atoms with Crippen LogP contribution in [0, 0.1) is 0 Å². The van der Waals surface area contributed by atoms with Crippen LogP contribution in [0.15, 0.2) is 139 Å². The fourth-order valence-electron chi connectivity index (χ4n) is 6.79. The molecule has 0 saturated heterocycles. The van der Waals surface area contributed by atoms with E-state index in [0.29, 0.717) is 11.5 Å². The normalized spacial score (nSPS) is 19.1. The van der Waals surface area contributed by atoms with Crippen LogP contribution in [0.25, 0.3) is 11.1 Å². The summed E-state index contributed by atoms with van der Waals surface area (Å²) in [5, 5.41) is 24.4. The van der Waals surface area contributed by atoms with Crippen molar-refractivity contribution in [1.82, 2.24) is 0 Å². The smallest absolute Gasteiger partial charge is 0.231 e. The van der Waals surface area contributed by atoms with Crippen molar-refractivity contribution < 1.29 is 28.8 Å². The molecule has 2 unspecified atom stereocenters. The average molecular weight is 553 g/mol. The molecule has 6 nitrogen and oxygen atoms in total. The zero-order chi connectivity index (χ0) is 28.2. The molecular weight excluding hydrogens is 524 g/mol. The third-order valence-electron chi connectivity index (χ3n) is 8.55. The minimum Gasteiger partial charge on any atom is -0.505 e. The van der Waals surface area contributed by atoms with Crippen molar-refractivity contribution in [3.8, 4) is 11.5 Å². The summed E-state index contributed by atoms with van der Waals surface area (Å²) in [6.45, 7) is 0.165. The van der Waals surface area contributed by atoms with Crippen molar-refractivity contribution in [2.75, 3.05) is 6.79 Å². The summed E-state index contributed by atoms with van der Waals surface area (Å²) in [4.78, 5) is 0. The van der Waals surface area contributed by atoms with Crippen LogP contribution in [0.2, 0.25) is 0 Å². The van der Waals surface area contributed by atoms with Crippen molar-refractivity contribution >= 4 is 11.1 Å². The lowest BCUT2D eigenvalue weighted by molar-refractivity contribution is -0.751. The van der Waals surface area contributed by atoms with Crippen molar-refractivity contribution in [1.29, 1.82) is 0 Å². The highest BCUT2D eigenvalue weighted by Gasteiger charge is 2.55. The Morgan fingerprint density at radius 1 is 0.571 bits per heavy atom. The van der Waals surface area contributed by atoms with Gasteiger partial charge >= 0.3 is 0 Å². The van der Waals surface area contributed by atoms with Gasteiger partial charge in [0.2, 0.25) is 30.3 Å². The molecule has 0 amide bonds. The number of aromatic nitrogens is 2. The van der Waals surface area contributed by atoms with Crippen molar-refractivity contribution in [2.45, 2.75) is 18.0 Å². The summed E-state index contributed by atoms with van der Waals surface area (Å²) in [6, 6.07) is 36.9. The maximum atomic E-state index is 12.2. The first-order valence-corrected chi connectivity index (χ1v) is 14.1. The van der Waals surface area contributed by atoms with E-state index in [1.807, 2.05) is 128 Å². The molecule has 0 bridgehead atoms. The molecule has 5 heterocycles. The SMILES string of the molecule is OC1=C(c2ccccc2)c2cccc[n+]2C1C(c1ccc2c(c1)OCO2)C1C(O)=C(c2ccccc2)c2cccc[n+]21. The van der Waals surface area contributed by atoms with E-state index < -0.39 is 18.0 Å². The predicted octanol–water partition coefficient (Wildman–Crippen LogP) is 6.22. The van der Waals surface area contributed by atoms with Gasteiger partial charge in [-0.25, -0.2) is 0 Å². The van der Waals surface area contributed by atoms with Crippen LogP contribution in [0.3, 0.4) is 0 Å². The van der Waals surface area contributed by atoms with Gasteiger partial charge < -0.3 is 19.7 Å². The van der Waals surface area contributed by atoms with Gasteiger partial charge in [0.25, 0.3) is 0 Å². The third-order valence-corrected chi connectivity index (χ3v) is 8.55. The monoisotopic (exact) mass is 552 g/mol. The first kappa shape index (κ1) is 24.4. The lowest BCUT2D eigenvalue weighted by Gasteiger charge is -2.24. The van der Waals surface area contributed by atoms with Gasteiger partial charge in [0.15, 0.2) is 35.4 Å². The maximum absolute atomic E-state index is 12.2. The van der Waals surface area contributed by atoms with Crippen LogP contribution in [-0.2, 0) is 0 Å². The number of allylic oxidation sites excluding steroid dienone is 2. The van der Waals surface area contributed by atoms with Gasteiger partial charge in [-0.2, -0.15) is 9.13 Å². The number of rotatable bonds is 5. The van der Waals surface area contributed by atoms with Gasteiger partial charge in [-0.3, -0.25) is 0 Å². The number of ether oxygens (including phenoxy) is 2. The lowest BCUT2D eigenvalue weighted by atomic mass is 9.82. The quantitative estimate of drug-likeness (QED) is 0.254. The number of hydrogen-bond acceptors (Lipinski definition) is 4. The van der Waals surface area contributed by atoms with Gasteiger partial charge in [0, 0.05) is 24.3 Å². The molecule has 0 fully saturated rings. The molecule has 6 heteroatoms. The fourth-order valence-corrected chi connectivity index (χ4v) is 6.79. The fraction of sp³-hybridized carbons (Fsp3) is 0.111. The Bertz CT molecular complexity index is 1790. The highest BCUT2D eigenvalue weighted by molar-refractivity contribution is 5.81. The summed E-state index contributed by atoms with van der Waals surface area (Å²) in [5.74, 6) is 1.44. The van der Waals surface area contributed by atoms with E-state index in [2.05, 4.69) is 9.13 Å². The molecule has 0 aliphatic carbocycles. The molecule has 0 saturated carbocycles. The minimum absolute atomic E-state index is 0.165. The average Bonchev–Trinajstić information content (AvgIpc) is 3.71. The number of pyridine rings is 2. The van der Waals surface area contributed by atoms with Gasteiger partial charge in [-0.15, -0.1) is 0 Å². The topological polar surface area (TPSA) is 66.7 Å². The Morgan fingerprint density at radius 2 is 1.07 bits per heavy atom. The second kappa shape index (κ2) is 9.63. The van der Waals surface area contributed by atoms with E-state index in [1.54, 1.807) is 0 Å². The molecule has 0 radical (unpaired) electrons. The Labute approximate surface area is 243 Å². The Morgan fingerprint density at radius 3 is 1.62 bits per heavy atom. The van der Waals surface area contributed by atoms with Crippen LogP contribution in [-0.4, -0.2) is 17.0 Å². The molecule has 2 atom stereocenters. The second-order valence-electron chi connectivity index (χ2n) is 10.8. The van der Waals surface area contributed by atoms with Crippen LogP contribution >= 0.6 is 0 Å². The summed E-state index contributed by atoms with van der Waals surface area (Å²) in [5.41, 5.74) is 6.20. The molecule has 204 valence electrons. The number of aliphatic hydroxyl groups is 2. The first-order chi connectivity index (χ1) is 20.7. The standard InChI is InChI=1S/C36H26N2O4/c39-35-30(23-11-3-1-4-12-23)26-15-7-9-19-37(26)33(35)32(25-17-18-28-29(21-25)42-22-41-28)34-36(40)31(24-13-5-2-6-14-24)27-16-8-10-20-38(27)34/h1-21,32-34H,22H2/p+2. The van der Waals surface area contributed by atoms with Gasteiger partial charge in [0.1, 0.15) is 5.92 Å². The van der Waals surface area contributed by atoms with E-state index in [1.165, 1.54) is 0 Å². The lowest BCUT2D eigenvalue weighted by Crippen LogP contribution is -2.50. The molecule has 5 aromatic rings. The van der Waals surface area contributed by atoms with Crippen LogP contribution in [0.4, 0.5) is 0 Å². The minimum atomic E-state index is -0.514. The van der Waals surface area contributed by atoms with Gasteiger partial charge in [-0.05, 0) is 41.0 Å². The van der Waals surface area contributed by atoms with Crippen LogP contribution in [0.1, 0.15) is 46.1 Å². The predicted molar refractivity (Wildman–Crippen MR) is 157 cm³/mol. The molecule has 8 rings (SSSR count). The molecule has 2 N–H and O–H groups in total. The summed E-state index contributed by atoms with van der Waals surface area (Å²) >= 11 is 0. The Kier molecular flexibility index (Phi) is 5.60. The molecule has 2 aromatic heterocycles. The summed E-state index contributed by atoms with van der Waals surface area (Å²) in [6.07, 6.45) is 4.02. The molecule has 3 aliphatic heterocycles. The highest BCUT2D eigenvalue weighted by atomic mass is 16.7. The molecule has 42 heavy (non-hydrogen) atoms. The second-order valence-corrected chi connectivity index (χ2v) is 10.8. The summed E-state index contributed by atoms with van der Waals surface area (Å²) in [7, 11) is 0. The van der Waals surface area contributed by atoms with Crippen molar-refractivity contribution in [2.24, 2.45) is 0 Å². The number of nitrogens with zero attached hydrogens (tertiary/aromatic N) is 2. The largest absolute Gasteiger partial charge is 0.505 e. The zero-order valence-electron chi connectivity index (χ0n) is 22.7. The first-order valence-electron chi connectivity index (χ1n) is 14.1. The van der Waals surface area contributed by atoms with Gasteiger partial charge in [0.05, 0.1) is 11.1 Å².